The van der Waals surface area contributed by atoms with Crippen LogP contribution in [0.25, 0.3) is 0 Å². The van der Waals surface area contributed by atoms with Crippen molar-refractivity contribution in [3.63, 3.8) is 0 Å². The van der Waals surface area contributed by atoms with E-state index in [4.69, 9.17) is 16.3 Å². The second-order valence-electron chi connectivity index (χ2n) is 3.14. The molecule has 15 heavy (non-hydrogen) atoms. The number of halogens is 1. The Bertz CT molecular complexity index is 440. The molecule has 0 fully saturated rings. The van der Waals surface area contributed by atoms with Gasteiger partial charge in [0.1, 0.15) is 5.75 Å². The highest BCUT2D eigenvalue weighted by atomic mass is 35.5. The molecule has 0 amide bonds. The normalized spacial score (nSPS) is 11.4. The van der Waals surface area contributed by atoms with Crippen molar-refractivity contribution in [1.82, 2.24) is 0 Å². The van der Waals surface area contributed by atoms with E-state index in [1.165, 1.54) is 6.07 Å². The van der Waals surface area contributed by atoms with Gasteiger partial charge in [-0.25, -0.2) is 8.42 Å². The van der Waals surface area contributed by atoms with Crippen LogP contribution in [0.5, 0.6) is 5.75 Å². The lowest BCUT2D eigenvalue weighted by molar-refractivity contribution is 0.411. The number of hydrogen-bond donors (Lipinski definition) is 0. The maximum absolute atomic E-state index is 11.7. The van der Waals surface area contributed by atoms with Crippen molar-refractivity contribution >= 4 is 21.4 Å². The zero-order valence-electron chi connectivity index (χ0n) is 8.66. The Hall–Kier alpha value is -0.740. The van der Waals surface area contributed by atoms with Crippen LogP contribution in [0.3, 0.4) is 0 Å². The SMILES string of the molecule is COc1ccc(S(=O)(=O)CCCl)cc1C. The first-order valence-corrected chi connectivity index (χ1v) is 6.63. The molecule has 0 atom stereocenters. The Morgan fingerprint density at radius 3 is 2.53 bits per heavy atom. The number of hydrogen-bond acceptors (Lipinski definition) is 3. The molecule has 3 nitrogen and oxygen atoms in total. The minimum absolute atomic E-state index is 0.0413. The predicted octanol–water partition coefficient (Wildman–Crippen LogP) is 2.02. The van der Waals surface area contributed by atoms with Crippen LogP contribution in [0.15, 0.2) is 23.1 Å². The minimum Gasteiger partial charge on any atom is -0.496 e. The molecular formula is C10H13ClO3S. The zero-order chi connectivity index (χ0) is 11.5. The van der Waals surface area contributed by atoms with Crippen molar-refractivity contribution in [3.05, 3.63) is 23.8 Å². The summed E-state index contributed by atoms with van der Waals surface area (Å²) in [5.74, 6) is 0.744. The minimum atomic E-state index is -3.25. The van der Waals surface area contributed by atoms with Gasteiger partial charge in [-0.2, -0.15) is 0 Å². The van der Waals surface area contributed by atoms with E-state index in [0.717, 1.165) is 5.56 Å². The quantitative estimate of drug-likeness (QED) is 0.766. The molecule has 1 rings (SSSR count). The van der Waals surface area contributed by atoms with Gasteiger partial charge in [-0.3, -0.25) is 0 Å². The second-order valence-corrected chi connectivity index (χ2v) is 5.63. The molecule has 0 spiro atoms. The van der Waals surface area contributed by atoms with Crippen molar-refractivity contribution in [3.8, 4) is 5.75 Å². The van der Waals surface area contributed by atoms with Crippen molar-refractivity contribution in [2.45, 2.75) is 11.8 Å². The third-order valence-corrected chi connectivity index (χ3v) is 4.20. The molecule has 0 N–H and O–H groups in total. The fraction of sp³-hybridized carbons (Fsp3) is 0.400. The summed E-state index contributed by atoms with van der Waals surface area (Å²) in [7, 11) is -1.69. The van der Waals surface area contributed by atoms with Gasteiger partial charge in [0.25, 0.3) is 0 Å². The Balaban J connectivity index is 3.13. The molecule has 1 aromatic carbocycles. The lowest BCUT2D eigenvalue weighted by Crippen LogP contribution is -2.08. The fourth-order valence-electron chi connectivity index (χ4n) is 1.26. The number of ether oxygens (including phenoxy) is 1. The summed E-state index contributed by atoms with van der Waals surface area (Å²) < 4.78 is 28.4. The number of rotatable bonds is 4. The van der Waals surface area contributed by atoms with E-state index in [0.29, 0.717) is 10.6 Å². The molecule has 0 aliphatic carbocycles. The van der Waals surface area contributed by atoms with Gasteiger partial charge in [0, 0.05) is 5.88 Å². The maximum atomic E-state index is 11.7. The molecule has 0 heterocycles. The number of benzene rings is 1. The molecule has 0 saturated heterocycles. The van der Waals surface area contributed by atoms with Crippen LogP contribution in [0, 0.1) is 6.92 Å². The molecule has 1 aromatic rings. The Labute approximate surface area is 94.9 Å². The van der Waals surface area contributed by atoms with Crippen molar-refractivity contribution in [2.24, 2.45) is 0 Å². The molecule has 0 aromatic heterocycles. The van der Waals surface area contributed by atoms with Crippen LogP contribution in [-0.4, -0.2) is 27.2 Å². The third kappa shape index (κ3) is 2.86. The highest BCUT2D eigenvalue weighted by molar-refractivity contribution is 7.91. The van der Waals surface area contributed by atoms with Crippen molar-refractivity contribution in [2.75, 3.05) is 18.7 Å². The average molecular weight is 249 g/mol. The Kier molecular flexibility index (Phi) is 3.99. The van der Waals surface area contributed by atoms with Gasteiger partial charge in [-0.1, -0.05) is 0 Å². The molecule has 5 heteroatoms. The topological polar surface area (TPSA) is 43.4 Å². The molecule has 84 valence electrons. The largest absolute Gasteiger partial charge is 0.496 e. The van der Waals surface area contributed by atoms with Gasteiger partial charge >= 0.3 is 0 Å². The molecule has 0 saturated carbocycles. The first-order valence-electron chi connectivity index (χ1n) is 4.44. The monoisotopic (exact) mass is 248 g/mol. The van der Waals surface area contributed by atoms with E-state index >= 15 is 0 Å². The number of methoxy groups -OCH3 is 1. The van der Waals surface area contributed by atoms with Crippen molar-refractivity contribution < 1.29 is 13.2 Å². The van der Waals surface area contributed by atoms with Gasteiger partial charge in [0.05, 0.1) is 17.8 Å². The average Bonchev–Trinajstić information content (AvgIpc) is 2.17. The van der Waals surface area contributed by atoms with Gasteiger partial charge in [-0.15, -0.1) is 11.6 Å². The van der Waals surface area contributed by atoms with Crippen LogP contribution in [-0.2, 0) is 9.84 Å². The van der Waals surface area contributed by atoms with Gasteiger partial charge in [0.2, 0.25) is 0 Å². The van der Waals surface area contributed by atoms with E-state index < -0.39 is 9.84 Å². The first kappa shape index (κ1) is 12.3. The molecule has 0 bridgehead atoms. The van der Waals surface area contributed by atoms with E-state index in [-0.39, 0.29) is 11.6 Å². The third-order valence-electron chi connectivity index (χ3n) is 2.07. The van der Waals surface area contributed by atoms with E-state index in [9.17, 15) is 8.42 Å². The van der Waals surface area contributed by atoms with Crippen molar-refractivity contribution in [1.29, 1.82) is 0 Å². The summed E-state index contributed by atoms with van der Waals surface area (Å²) in [6.07, 6.45) is 0. The number of aryl methyl sites for hydroxylation is 1. The fourth-order valence-corrected chi connectivity index (χ4v) is 2.94. The molecule has 0 aliphatic rings. The van der Waals surface area contributed by atoms with Crippen LogP contribution in [0.4, 0.5) is 0 Å². The van der Waals surface area contributed by atoms with Gasteiger partial charge in [-0.05, 0) is 30.7 Å². The van der Waals surface area contributed by atoms with Crippen LogP contribution >= 0.6 is 11.6 Å². The lowest BCUT2D eigenvalue weighted by atomic mass is 10.2. The molecule has 0 unspecified atom stereocenters. The maximum Gasteiger partial charge on any atom is 0.179 e. The highest BCUT2D eigenvalue weighted by Gasteiger charge is 2.14. The highest BCUT2D eigenvalue weighted by Crippen LogP contribution is 2.22. The van der Waals surface area contributed by atoms with Gasteiger partial charge in [0.15, 0.2) is 9.84 Å². The zero-order valence-corrected chi connectivity index (χ0v) is 10.2. The lowest BCUT2D eigenvalue weighted by Gasteiger charge is -2.07. The summed E-state index contributed by atoms with van der Waals surface area (Å²) in [4.78, 5) is 0.293. The Morgan fingerprint density at radius 2 is 2.07 bits per heavy atom. The van der Waals surface area contributed by atoms with E-state index in [1.54, 1.807) is 26.2 Å². The summed E-state index contributed by atoms with van der Waals surface area (Å²) in [5, 5.41) is 0. The predicted molar refractivity (Wildman–Crippen MR) is 60.5 cm³/mol. The van der Waals surface area contributed by atoms with E-state index in [2.05, 4.69) is 0 Å². The van der Waals surface area contributed by atoms with Gasteiger partial charge < -0.3 is 4.74 Å². The molecule has 0 aliphatic heterocycles. The number of alkyl halides is 1. The summed E-state index contributed by atoms with van der Waals surface area (Å²) in [5.41, 5.74) is 0.799. The number of sulfone groups is 1. The van der Waals surface area contributed by atoms with Crippen LogP contribution < -0.4 is 4.74 Å². The van der Waals surface area contributed by atoms with Crippen LogP contribution in [0.2, 0.25) is 0 Å². The van der Waals surface area contributed by atoms with Crippen LogP contribution in [0.1, 0.15) is 5.56 Å². The summed E-state index contributed by atoms with van der Waals surface area (Å²) in [6, 6.07) is 4.78. The molecular weight excluding hydrogens is 236 g/mol. The molecule has 0 radical (unpaired) electrons. The standard InChI is InChI=1S/C10H13ClO3S/c1-8-7-9(3-4-10(8)14-2)15(12,13)6-5-11/h3-4,7H,5-6H2,1-2H3. The first-order chi connectivity index (χ1) is 7.01. The smallest absolute Gasteiger partial charge is 0.179 e. The second kappa shape index (κ2) is 4.86. The van der Waals surface area contributed by atoms with E-state index in [1.807, 2.05) is 0 Å². The summed E-state index contributed by atoms with van der Waals surface area (Å²) in [6.45, 7) is 1.80. The summed E-state index contributed by atoms with van der Waals surface area (Å²) >= 11 is 5.43. The Morgan fingerprint density at radius 1 is 1.40 bits per heavy atom.